The van der Waals surface area contributed by atoms with Gasteiger partial charge in [-0.25, -0.2) is 0 Å². The van der Waals surface area contributed by atoms with Gasteiger partial charge in [-0.15, -0.1) is 12.4 Å². The number of halogens is 1. The fraction of sp³-hybridized carbons (Fsp3) is 0.588. The fourth-order valence-electron chi connectivity index (χ4n) is 3.07. The monoisotopic (exact) mass is 310 g/mol. The molecule has 0 saturated carbocycles. The third kappa shape index (κ3) is 5.01. The summed E-state index contributed by atoms with van der Waals surface area (Å²) < 4.78 is 0. The molecule has 0 spiro atoms. The van der Waals surface area contributed by atoms with Gasteiger partial charge in [-0.1, -0.05) is 36.8 Å². The number of carbonyl (C=O) groups excluding carboxylic acids is 1. The molecule has 1 aromatic carbocycles. The molecule has 1 aromatic rings. The Bertz CT molecular complexity index is 464. The Hall–Kier alpha value is -1.06. The van der Waals surface area contributed by atoms with Crippen LogP contribution in [0.1, 0.15) is 37.3 Å². The minimum atomic E-state index is 0. The zero-order valence-corrected chi connectivity index (χ0v) is 13.9. The van der Waals surface area contributed by atoms with Crippen molar-refractivity contribution in [1.29, 1.82) is 0 Å². The number of nitrogens with two attached hydrogens (primary N) is 1. The van der Waals surface area contributed by atoms with E-state index in [1.54, 1.807) is 0 Å². The molecule has 1 fully saturated rings. The lowest BCUT2D eigenvalue weighted by Crippen LogP contribution is -2.49. The van der Waals surface area contributed by atoms with E-state index in [9.17, 15) is 4.79 Å². The van der Waals surface area contributed by atoms with Crippen LogP contribution in [0.2, 0.25) is 0 Å². The highest BCUT2D eigenvalue weighted by atomic mass is 35.5. The predicted octanol–water partition coefficient (Wildman–Crippen LogP) is 2.94. The molecule has 0 aromatic heterocycles. The third-order valence-electron chi connectivity index (χ3n) is 4.28. The highest BCUT2D eigenvalue weighted by Gasteiger charge is 2.28. The van der Waals surface area contributed by atoms with Gasteiger partial charge < -0.3 is 10.6 Å². The van der Waals surface area contributed by atoms with Gasteiger partial charge in [0, 0.05) is 25.6 Å². The Morgan fingerprint density at radius 2 is 2.19 bits per heavy atom. The number of rotatable bonds is 4. The lowest BCUT2D eigenvalue weighted by atomic mass is 9.92. The molecule has 2 atom stereocenters. The van der Waals surface area contributed by atoms with E-state index in [2.05, 4.69) is 38.1 Å². The van der Waals surface area contributed by atoms with Gasteiger partial charge in [0.15, 0.2) is 0 Å². The lowest BCUT2D eigenvalue weighted by molar-refractivity contribution is -0.135. The van der Waals surface area contributed by atoms with Crippen LogP contribution in [0.5, 0.6) is 0 Å². The van der Waals surface area contributed by atoms with Crippen molar-refractivity contribution in [2.75, 3.05) is 13.1 Å². The number of nitrogens with zero attached hydrogens (tertiary/aromatic N) is 1. The summed E-state index contributed by atoms with van der Waals surface area (Å²) in [6.45, 7) is 5.79. The first-order valence-electron chi connectivity index (χ1n) is 7.65. The summed E-state index contributed by atoms with van der Waals surface area (Å²) in [4.78, 5) is 14.4. The average molecular weight is 311 g/mol. The molecule has 0 radical (unpaired) electrons. The van der Waals surface area contributed by atoms with Gasteiger partial charge in [0.1, 0.15) is 0 Å². The highest BCUT2D eigenvalue weighted by molar-refractivity contribution is 5.85. The molecule has 1 amide bonds. The molecule has 3 nitrogen and oxygen atoms in total. The van der Waals surface area contributed by atoms with Crippen LogP contribution >= 0.6 is 12.4 Å². The predicted molar refractivity (Wildman–Crippen MR) is 89.7 cm³/mol. The molecule has 1 heterocycles. The highest BCUT2D eigenvalue weighted by Crippen LogP contribution is 2.22. The molecule has 0 bridgehead atoms. The molecule has 1 saturated heterocycles. The van der Waals surface area contributed by atoms with Crippen molar-refractivity contribution in [1.82, 2.24) is 4.90 Å². The Morgan fingerprint density at radius 3 is 2.86 bits per heavy atom. The van der Waals surface area contributed by atoms with Gasteiger partial charge in [-0.3, -0.25) is 4.79 Å². The van der Waals surface area contributed by atoms with E-state index in [0.29, 0.717) is 18.9 Å². The van der Waals surface area contributed by atoms with Crippen LogP contribution in [0.15, 0.2) is 24.3 Å². The second-order valence-electron chi connectivity index (χ2n) is 6.10. The molecular formula is C17H27ClN2O. The summed E-state index contributed by atoms with van der Waals surface area (Å²) in [5.41, 5.74) is 8.32. The van der Waals surface area contributed by atoms with E-state index in [-0.39, 0.29) is 24.4 Å². The van der Waals surface area contributed by atoms with Crippen molar-refractivity contribution in [3.63, 3.8) is 0 Å². The number of piperidine rings is 1. The van der Waals surface area contributed by atoms with Crippen molar-refractivity contribution in [2.24, 2.45) is 11.7 Å². The molecule has 4 heteroatoms. The van der Waals surface area contributed by atoms with Crippen molar-refractivity contribution < 1.29 is 4.79 Å². The van der Waals surface area contributed by atoms with Gasteiger partial charge in [0.25, 0.3) is 0 Å². The van der Waals surface area contributed by atoms with Crippen LogP contribution in [0.3, 0.4) is 0 Å². The van der Waals surface area contributed by atoms with Gasteiger partial charge in [0.2, 0.25) is 5.91 Å². The van der Waals surface area contributed by atoms with Gasteiger partial charge in [0.05, 0.1) is 0 Å². The Balaban J connectivity index is 0.00000220. The van der Waals surface area contributed by atoms with Crippen LogP contribution in [0, 0.1) is 12.8 Å². The molecule has 1 aliphatic rings. The number of aryl methyl sites for hydroxylation is 2. The van der Waals surface area contributed by atoms with Gasteiger partial charge in [-0.2, -0.15) is 0 Å². The van der Waals surface area contributed by atoms with E-state index < -0.39 is 0 Å². The summed E-state index contributed by atoms with van der Waals surface area (Å²) in [6.07, 6.45) is 3.57. The summed E-state index contributed by atoms with van der Waals surface area (Å²) in [7, 11) is 0. The van der Waals surface area contributed by atoms with Crippen LogP contribution in [-0.2, 0) is 11.2 Å². The lowest BCUT2D eigenvalue weighted by Gasteiger charge is -2.38. The zero-order valence-electron chi connectivity index (χ0n) is 13.0. The van der Waals surface area contributed by atoms with E-state index >= 15 is 0 Å². The van der Waals surface area contributed by atoms with Crippen molar-refractivity contribution in [3.05, 3.63) is 35.4 Å². The zero-order chi connectivity index (χ0) is 14.5. The number of hydrogen-bond acceptors (Lipinski definition) is 2. The smallest absolute Gasteiger partial charge is 0.223 e. The van der Waals surface area contributed by atoms with Gasteiger partial charge in [-0.05, 0) is 37.7 Å². The third-order valence-corrected chi connectivity index (χ3v) is 4.28. The summed E-state index contributed by atoms with van der Waals surface area (Å²) in [5.74, 6) is 0.943. The van der Waals surface area contributed by atoms with Crippen molar-refractivity contribution >= 4 is 18.3 Å². The quantitative estimate of drug-likeness (QED) is 0.929. The van der Waals surface area contributed by atoms with E-state index in [1.807, 2.05) is 4.90 Å². The molecule has 0 aliphatic carbocycles. The van der Waals surface area contributed by atoms with Crippen LogP contribution < -0.4 is 5.73 Å². The van der Waals surface area contributed by atoms with E-state index in [1.165, 1.54) is 11.1 Å². The second kappa shape index (κ2) is 8.40. The van der Waals surface area contributed by atoms with E-state index in [4.69, 9.17) is 5.73 Å². The number of hydrogen-bond donors (Lipinski definition) is 1. The normalized spacial score (nSPS) is 21.8. The molecule has 118 valence electrons. The molecule has 2 N–H and O–H groups in total. The van der Waals surface area contributed by atoms with Crippen LogP contribution in [-0.4, -0.2) is 29.9 Å². The summed E-state index contributed by atoms with van der Waals surface area (Å²) in [6, 6.07) is 8.64. The topological polar surface area (TPSA) is 46.3 Å². The second-order valence-corrected chi connectivity index (χ2v) is 6.10. The largest absolute Gasteiger partial charge is 0.338 e. The molecule has 2 unspecified atom stereocenters. The first-order valence-corrected chi connectivity index (χ1v) is 7.65. The Kier molecular flexibility index (Phi) is 7.20. The molecule has 1 aliphatic heterocycles. The standard InChI is InChI=1S/C17H26N2O.ClH/c1-13-4-3-5-15(10-13)6-7-17(20)19-9-8-14(2)11-16(19)12-18;/h3-5,10,14,16H,6-9,11-12,18H2,1-2H3;1H. The Labute approximate surface area is 134 Å². The van der Waals surface area contributed by atoms with Crippen LogP contribution in [0.25, 0.3) is 0 Å². The SMILES string of the molecule is Cc1cccc(CCC(=O)N2CCC(C)CC2CN)c1.Cl. The summed E-state index contributed by atoms with van der Waals surface area (Å²) >= 11 is 0. The number of likely N-dealkylation sites (tertiary alicyclic amines) is 1. The van der Waals surface area contributed by atoms with Crippen molar-refractivity contribution in [3.8, 4) is 0 Å². The minimum absolute atomic E-state index is 0. The first kappa shape index (κ1) is 18.0. The molecule has 2 rings (SSSR count). The minimum Gasteiger partial charge on any atom is -0.338 e. The average Bonchev–Trinajstić information content (AvgIpc) is 2.44. The fourth-order valence-corrected chi connectivity index (χ4v) is 3.07. The molecular weight excluding hydrogens is 284 g/mol. The summed E-state index contributed by atoms with van der Waals surface area (Å²) in [5, 5.41) is 0. The molecule has 21 heavy (non-hydrogen) atoms. The first-order chi connectivity index (χ1) is 9.60. The number of benzene rings is 1. The van der Waals surface area contributed by atoms with Crippen LogP contribution in [0.4, 0.5) is 0 Å². The van der Waals surface area contributed by atoms with E-state index in [0.717, 1.165) is 25.8 Å². The van der Waals surface area contributed by atoms with Gasteiger partial charge >= 0.3 is 0 Å². The van der Waals surface area contributed by atoms with Crippen molar-refractivity contribution in [2.45, 2.75) is 45.6 Å². The Morgan fingerprint density at radius 1 is 1.43 bits per heavy atom. The maximum absolute atomic E-state index is 12.4. The number of carbonyl (C=O) groups is 1. The maximum Gasteiger partial charge on any atom is 0.223 e. The number of amides is 1. The maximum atomic E-state index is 12.4.